The number of carbonyl (C=O) groups is 2. The first-order valence-electron chi connectivity index (χ1n) is 8.53. The van der Waals surface area contributed by atoms with Crippen molar-refractivity contribution in [3.63, 3.8) is 0 Å². The molecule has 0 unspecified atom stereocenters. The predicted octanol–water partition coefficient (Wildman–Crippen LogP) is 1.96. The number of rotatable bonds is 7. The van der Waals surface area contributed by atoms with Gasteiger partial charge in [0.15, 0.2) is 15.6 Å². The van der Waals surface area contributed by atoms with Gasteiger partial charge in [-0.2, -0.15) is 0 Å². The third kappa shape index (κ3) is 3.64. The Morgan fingerprint density at radius 2 is 1.44 bits per heavy atom. The fourth-order valence-electron chi connectivity index (χ4n) is 3.25. The van der Waals surface area contributed by atoms with Crippen LogP contribution < -0.4 is 0 Å². The second-order valence-electron chi connectivity index (χ2n) is 6.50. The molecule has 0 heterocycles. The van der Waals surface area contributed by atoms with Gasteiger partial charge in [0.05, 0.1) is 56.1 Å². The van der Waals surface area contributed by atoms with E-state index in [1.165, 1.54) is 0 Å². The Balaban J connectivity index is 2.30. The summed E-state index contributed by atoms with van der Waals surface area (Å²) in [7, 11) is -3.26. The van der Waals surface area contributed by atoms with E-state index in [4.69, 9.17) is 0 Å². The average molecular weight is 465 g/mol. The maximum atomic E-state index is 12.9. The van der Waals surface area contributed by atoms with Gasteiger partial charge in [-0.05, 0) is 6.07 Å². The first-order chi connectivity index (χ1) is 14.9. The van der Waals surface area contributed by atoms with Gasteiger partial charge in [0.2, 0.25) is 0 Å². The van der Waals surface area contributed by atoms with Gasteiger partial charge in [-0.3, -0.25) is 39.9 Å². The lowest BCUT2D eigenvalue weighted by molar-refractivity contribution is -0.394. The summed E-state index contributed by atoms with van der Waals surface area (Å²) in [5, 5.41) is 34.3. The van der Waals surface area contributed by atoms with Crippen LogP contribution in [0, 0.1) is 30.3 Å². The number of non-ortho nitro benzene ring substituents is 1. The van der Waals surface area contributed by atoms with Gasteiger partial charge in [-0.25, -0.2) is 8.42 Å². The Hall–Kier alpha value is -4.27. The summed E-state index contributed by atoms with van der Waals surface area (Å²) in [4.78, 5) is 54.7. The average Bonchev–Trinajstić information content (AvgIpc) is 3.02. The van der Waals surface area contributed by atoms with Crippen molar-refractivity contribution in [2.45, 2.75) is 11.3 Å². The van der Waals surface area contributed by atoms with Crippen LogP contribution in [0.1, 0.15) is 22.3 Å². The summed E-state index contributed by atoms with van der Waals surface area (Å²) in [6.07, 6.45) is -0.560. The Labute approximate surface area is 177 Å². The molecule has 0 amide bonds. The van der Waals surface area contributed by atoms with Crippen LogP contribution >= 0.6 is 0 Å². The summed E-state index contributed by atoms with van der Waals surface area (Å²) >= 11 is 0. The maximum Gasteiger partial charge on any atom is 0.306 e. The Kier molecular flexibility index (Phi) is 5.44. The normalized spacial score (nSPS) is 12.1. The zero-order valence-electron chi connectivity index (χ0n) is 16.0. The van der Waals surface area contributed by atoms with Crippen molar-refractivity contribution in [1.82, 2.24) is 0 Å². The topological polar surface area (TPSA) is 207 Å². The summed E-state index contributed by atoms with van der Waals surface area (Å²) in [6.45, 7) is 0. The lowest BCUT2D eigenvalue weighted by atomic mass is 10.0. The van der Waals surface area contributed by atoms with E-state index in [0.29, 0.717) is 12.1 Å². The SMILES string of the molecule is COC(=O)CCS(=O)(=O)c1cc2c(c([N+](=O)[O-])c1)-c1c(cc([N+](=O)[O-])cc1[N+](=O)[O-])C2=O. The number of carbonyl (C=O) groups excluding carboxylic acids is 2. The first kappa shape index (κ1) is 22.4. The second-order valence-corrected chi connectivity index (χ2v) is 8.61. The third-order valence-electron chi connectivity index (χ3n) is 4.70. The Morgan fingerprint density at radius 3 is 1.94 bits per heavy atom. The molecule has 0 N–H and O–H groups in total. The number of nitro groups is 3. The van der Waals surface area contributed by atoms with E-state index < -0.39 is 92.7 Å². The van der Waals surface area contributed by atoms with Crippen LogP contribution in [0.4, 0.5) is 17.1 Å². The highest BCUT2D eigenvalue weighted by atomic mass is 32.2. The van der Waals surface area contributed by atoms with Gasteiger partial charge < -0.3 is 4.74 Å². The molecule has 166 valence electrons. The standard InChI is InChI=1S/C17H11N3O11S/c1-31-14(21)2-3-32(29,30)9-6-11-16(13(7-9)20(27)28)15-10(17(11)22)4-8(18(23)24)5-12(15)19(25)26/h4-7H,2-3H2,1H3. The van der Waals surface area contributed by atoms with Crippen molar-refractivity contribution >= 4 is 38.7 Å². The molecule has 0 saturated carbocycles. The van der Waals surface area contributed by atoms with Crippen molar-refractivity contribution in [2.75, 3.05) is 12.9 Å². The summed E-state index contributed by atoms with van der Waals surface area (Å²) in [5.41, 5.74) is -4.70. The molecular weight excluding hydrogens is 454 g/mol. The molecule has 0 aliphatic heterocycles. The molecular formula is C17H11N3O11S. The molecule has 0 atom stereocenters. The second kappa shape index (κ2) is 7.77. The van der Waals surface area contributed by atoms with Crippen LogP contribution in [-0.2, 0) is 19.4 Å². The van der Waals surface area contributed by atoms with Gasteiger partial charge in [-0.15, -0.1) is 0 Å². The molecule has 15 heteroatoms. The highest BCUT2D eigenvalue weighted by molar-refractivity contribution is 7.91. The number of benzene rings is 2. The van der Waals surface area contributed by atoms with Gasteiger partial charge >= 0.3 is 5.97 Å². The fraction of sp³-hybridized carbons (Fsp3) is 0.176. The number of esters is 1. The van der Waals surface area contributed by atoms with Crippen molar-refractivity contribution in [3.8, 4) is 11.1 Å². The van der Waals surface area contributed by atoms with Crippen LogP contribution in [0.15, 0.2) is 29.2 Å². The molecule has 2 aromatic rings. The lowest BCUT2D eigenvalue weighted by Gasteiger charge is -2.08. The highest BCUT2D eigenvalue weighted by Crippen LogP contribution is 2.49. The van der Waals surface area contributed by atoms with E-state index in [9.17, 15) is 48.3 Å². The minimum atomic E-state index is -4.30. The van der Waals surface area contributed by atoms with E-state index >= 15 is 0 Å². The van der Waals surface area contributed by atoms with Crippen molar-refractivity contribution in [1.29, 1.82) is 0 Å². The smallest absolute Gasteiger partial charge is 0.306 e. The van der Waals surface area contributed by atoms with Crippen LogP contribution in [0.5, 0.6) is 0 Å². The molecule has 0 spiro atoms. The number of fused-ring (bicyclic) bond motifs is 3. The van der Waals surface area contributed by atoms with Gasteiger partial charge in [0.1, 0.15) is 0 Å². The van der Waals surface area contributed by atoms with Crippen molar-refractivity contribution < 1.29 is 37.5 Å². The summed E-state index contributed by atoms with van der Waals surface area (Å²) in [6, 6.07) is 2.72. The number of hydrogen-bond donors (Lipinski definition) is 0. The minimum Gasteiger partial charge on any atom is -0.469 e. The van der Waals surface area contributed by atoms with E-state index in [1.54, 1.807) is 0 Å². The molecule has 14 nitrogen and oxygen atoms in total. The zero-order valence-corrected chi connectivity index (χ0v) is 16.8. The molecule has 0 aromatic heterocycles. The van der Waals surface area contributed by atoms with Crippen LogP contribution in [0.3, 0.4) is 0 Å². The quantitative estimate of drug-likeness (QED) is 0.280. The first-order valence-corrected chi connectivity index (χ1v) is 10.2. The van der Waals surface area contributed by atoms with E-state index in [-0.39, 0.29) is 0 Å². The van der Waals surface area contributed by atoms with E-state index in [2.05, 4.69) is 4.74 Å². The number of sulfone groups is 1. The fourth-order valence-corrected chi connectivity index (χ4v) is 4.51. The van der Waals surface area contributed by atoms with Crippen molar-refractivity contribution in [2.24, 2.45) is 0 Å². The van der Waals surface area contributed by atoms with Crippen LogP contribution in [-0.4, -0.2) is 47.8 Å². The third-order valence-corrected chi connectivity index (χ3v) is 6.39. The number of methoxy groups -OCH3 is 1. The number of nitro benzene ring substituents is 3. The maximum absolute atomic E-state index is 12.9. The molecule has 0 bridgehead atoms. The van der Waals surface area contributed by atoms with Crippen molar-refractivity contribution in [3.05, 3.63) is 65.7 Å². The molecule has 32 heavy (non-hydrogen) atoms. The molecule has 0 radical (unpaired) electrons. The van der Waals surface area contributed by atoms with Crippen LogP contribution in [0.2, 0.25) is 0 Å². The minimum absolute atomic E-state index is 0.509. The zero-order chi connectivity index (χ0) is 24.0. The van der Waals surface area contributed by atoms with Crippen LogP contribution in [0.25, 0.3) is 11.1 Å². The number of hydrogen-bond acceptors (Lipinski definition) is 11. The molecule has 1 aliphatic rings. The van der Waals surface area contributed by atoms with E-state index in [1.807, 2.05) is 0 Å². The van der Waals surface area contributed by atoms with Gasteiger partial charge in [0.25, 0.3) is 17.1 Å². The highest BCUT2D eigenvalue weighted by Gasteiger charge is 2.41. The van der Waals surface area contributed by atoms with E-state index in [0.717, 1.165) is 19.2 Å². The molecule has 0 saturated heterocycles. The largest absolute Gasteiger partial charge is 0.469 e. The molecule has 0 fully saturated rings. The summed E-state index contributed by atoms with van der Waals surface area (Å²) in [5.74, 6) is -2.67. The monoisotopic (exact) mass is 465 g/mol. The van der Waals surface area contributed by atoms with Gasteiger partial charge in [0, 0.05) is 23.3 Å². The molecule has 3 rings (SSSR count). The molecule has 1 aliphatic carbocycles. The summed E-state index contributed by atoms with van der Waals surface area (Å²) < 4.78 is 29.5. The van der Waals surface area contributed by atoms with Gasteiger partial charge in [-0.1, -0.05) is 0 Å². The predicted molar refractivity (Wildman–Crippen MR) is 104 cm³/mol. The number of nitrogens with zero attached hydrogens (tertiary/aromatic N) is 3. The Morgan fingerprint density at radius 1 is 0.906 bits per heavy atom. The molecule has 2 aromatic carbocycles. The number of ketones is 1. The lowest BCUT2D eigenvalue weighted by Crippen LogP contribution is -2.13. The Bertz CT molecular complexity index is 1350. The number of ether oxygens (including phenoxy) is 1.